The van der Waals surface area contributed by atoms with Crippen LogP contribution in [-0.4, -0.2) is 18.6 Å². The Morgan fingerprint density at radius 1 is 1.15 bits per heavy atom. The molecule has 0 unspecified atom stereocenters. The van der Waals surface area contributed by atoms with E-state index in [1.54, 1.807) is 0 Å². The third kappa shape index (κ3) is 4.25. The number of halogens is 1. The van der Waals surface area contributed by atoms with Gasteiger partial charge in [-0.25, -0.2) is 13.6 Å². The molecule has 0 fully saturated rings. The van der Waals surface area contributed by atoms with Crippen molar-refractivity contribution < 1.29 is 12.8 Å². The van der Waals surface area contributed by atoms with Gasteiger partial charge in [0.05, 0.1) is 22.0 Å². The third-order valence-electron chi connectivity index (χ3n) is 3.45. The number of aromatic nitrogens is 2. The Morgan fingerprint density at radius 2 is 1.88 bits per heavy atom. The van der Waals surface area contributed by atoms with Gasteiger partial charge in [-0.1, -0.05) is 41.9 Å². The number of thioether (sulfide) groups is 1. The molecule has 10 heteroatoms. The first-order valence-corrected chi connectivity index (χ1v) is 10.4. The zero-order valence-corrected chi connectivity index (χ0v) is 15.8. The normalized spacial score (nSPS) is 11.7. The summed E-state index contributed by atoms with van der Waals surface area (Å²) in [5.74, 6) is 0.868. The average Bonchev–Trinajstić information content (AvgIpc) is 3.08. The topological polar surface area (TPSA) is 125 Å². The summed E-state index contributed by atoms with van der Waals surface area (Å²) in [6.45, 7) is 0.0671. The molecule has 26 heavy (non-hydrogen) atoms. The van der Waals surface area contributed by atoms with E-state index in [0.29, 0.717) is 10.6 Å². The SMILES string of the molecule is NCc1nnc(-c2cc(S(N)(=O)=O)c(SCc3ccccc3)cc2Cl)o1. The van der Waals surface area contributed by atoms with Gasteiger partial charge in [0.2, 0.25) is 21.8 Å². The first-order chi connectivity index (χ1) is 12.4. The molecule has 0 spiro atoms. The molecule has 0 bridgehead atoms. The fourth-order valence-electron chi connectivity index (χ4n) is 2.21. The Kier molecular flexibility index (Phi) is 5.64. The molecular formula is C16H15ClN4O3S2. The van der Waals surface area contributed by atoms with Crippen molar-refractivity contribution in [3.63, 3.8) is 0 Å². The van der Waals surface area contributed by atoms with Crippen LogP contribution >= 0.6 is 23.4 Å². The number of nitrogens with zero attached hydrogens (tertiary/aromatic N) is 2. The van der Waals surface area contributed by atoms with Crippen molar-refractivity contribution in [3.05, 3.63) is 58.9 Å². The first-order valence-electron chi connectivity index (χ1n) is 7.44. The number of primary sulfonamides is 1. The van der Waals surface area contributed by atoms with Gasteiger partial charge < -0.3 is 10.2 Å². The van der Waals surface area contributed by atoms with Crippen molar-refractivity contribution in [3.8, 4) is 11.5 Å². The van der Waals surface area contributed by atoms with Gasteiger partial charge in [-0.2, -0.15) is 0 Å². The summed E-state index contributed by atoms with van der Waals surface area (Å²) in [7, 11) is -3.98. The molecule has 0 saturated heterocycles. The van der Waals surface area contributed by atoms with E-state index in [9.17, 15) is 8.42 Å². The largest absolute Gasteiger partial charge is 0.419 e. The summed E-state index contributed by atoms with van der Waals surface area (Å²) in [5.41, 5.74) is 6.78. The molecular weight excluding hydrogens is 396 g/mol. The zero-order valence-electron chi connectivity index (χ0n) is 13.4. The van der Waals surface area contributed by atoms with Crippen LogP contribution in [0.15, 0.2) is 56.7 Å². The van der Waals surface area contributed by atoms with Gasteiger partial charge in [-0.15, -0.1) is 22.0 Å². The molecule has 136 valence electrons. The summed E-state index contributed by atoms with van der Waals surface area (Å²) in [4.78, 5) is 0.397. The van der Waals surface area contributed by atoms with Crippen LogP contribution in [0.2, 0.25) is 5.02 Å². The highest BCUT2D eigenvalue weighted by Crippen LogP contribution is 2.37. The Bertz CT molecular complexity index is 1020. The van der Waals surface area contributed by atoms with Gasteiger partial charge in [0.1, 0.15) is 0 Å². The number of hydrogen-bond donors (Lipinski definition) is 2. The van der Waals surface area contributed by atoms with Gasteiger partial charge in [0, 0.05) is 10.6 Å². The number of sulfonamides is 1. The monoisotopic (exact) mass is 410 g/mol. The maximum absolute atomic E-state index is 12.1. The highest BCUT2D eigenvalue weighted by Gasteiger charge is 2.21. The van der Waals surface area contributed by atoms with Crippen LogP contribution in [-0.2, 0) is 22.3 Å². The quantitative estimate of drug-likeness (QED) is 0.598. The number of rotatable bonds is 6. The van der Waals surface area contributed by atoms with Crippen LogP contribution in [0.3, 0.4) is 0 Å². The van der Waals surface area contributed by atoms with E-state index in [-0.39, 0.29) is 33.8 Å². The molecule has 3 rings (SSSR count). The van der Waals surface area contributed by atoms with Crippen LogP contribution in [0.4, 0.5) is 0 Å². The van der Waals surface area contributed by atoms with Gasteiger partial charge in [0.25, 0.3) is 0 Å². The summed E-state index contributed by atoms with van der Waals surface area (Å²) in [5, 5.41) is 13.3. The van der Waals surface area contributed by atoms with Crippen LogP contribution in [0, 0.1) is 0 Å². The second kappa shape index (κ2) is 7.77. The van der Waals surface area contributed by atoms with E-state index in [2.05, 4.69) is 10.2 Å². The summed E-state index contributed by atoms with van der Waals surface area (Å²) < 4.78 is 29.5. The smallest absolute Gasteiger partial charge is 0.249 e. The Hall–Kier alpha value is -1.91. The lowest BCUT2D eigenvalue weighted by atomic mass is 10.2. The first kappa shape index (κ1) is 18.9. The molecule has 0 atom stereocenters. The third-order valence-corrected chi connectivity index (χ3v) is 5.97. The molecule has 0 aliphatic rings. The van der Waals surface area contributed by atoms with Crippen molar-refractivity contribution >= 4 is 33.4 Å². The number of benzene rings is 2. The lowest BCUT2D eigenvalue weighted by Crippen LogP contribution is -2.13. The van der Waals surface area contributed by atoms with Gasteiger partial charge in [-0.3, -0.25) is 0 Å². The van der Waals surface area contributed by atoms with E-state index < -0.39 is 10.0 Å². The van der Waals surface area contributed by atoms with Crippen molar-refractivity contribution in [1.82, 2.24) is 10.2 Å². The predicted molar refractivity (Wildman–Crippen MR) is 100 cm³/mol. The van der Waals surface area contributed by atoms with Crippen LogP contribution in [0.1, 0.15) is 11.5 Å². The molecule has 3 aromatic rings. The van der Waals surface area contributed by atoms with Crippen molar-refractivity contribution in [1.29, 1.82) is 0 Å². The molecule has 0 radical (unpaired) electrons. The van der Waals surface area contributed by atoms with Crippen molar-refractivity contribution in [2.75, 3.05) is 0 Å². The van der Waals surface area contributed by atoms with E-state index in [1.165, 1.54) is 23.9 Å². The standard InChI is InChI=1S/C16H15ClN4O3S2/c17-12-7-13(25-9-10-4-2-1-3-5-10)14(26(19,22)23)6-11(12)16-21-20-15(8-18)24-16/h1-7H,8-9,18H2,(H2,19,22,23). The fourth-order valence-corrected chi connectivity index (χ4v) is 4.59. The van der Waals surface area contributed by atoms with E-state index >= 15 is 0 Å². The molecule has 2 aromatic carbocycles. The maximum Gasteiger partial charge on any atom is 0.249 e. The second-order valence-electron chi connectivity index (χ2n) is 5.30. The molecule has 0 aliphatic heterocycles. The predicted octanol–water partition coefficient (Wildman–Crippen LogP) is 2.79. The molecule has 1 aromatic heterocycles. The zero-order chi connectivity index (χ0) is 18.7. The fraction of sp³-hybridized carbons (Fsp3) is 0.125. The van der Waals surface area contributed by atoms with Gasteiger partial charge >= 0.3 is 0 Å². The number of nitrogens with two attached hydrogens (primary N) is 2. The minimum atomic E-state index is -3.98. The summed E-state index contributed by atoms with van der Waals surface area (Å²) in [6.07, 6.45) is 0. The average molecular weight is 411 g/mol. The summed E-state index contributed by atoms with van der Waals surface area (Å²) in [6, 6.07) is 12.5. The minimum Gasteiger partial charge on any atom is -0.419 e. The van der Waals surface area contributed by atoms with Crippen molar-refractivity contribution in [2.45, 2.75) is 22.1 Å². The Balaban J connectivity index is 2.00. The summed E-state index contributed by atoms with van der Waals surface area (Å²) >= 11 is 7.64. The molecule has 1 heterocycles. The van der Waals surface area contributed by atoms with E-state index in [0.717, 1.165) is 5.56 Å². The Morgan fingerprint density at radius 3 is 2.50 bits per heavy atom. The van der Waals surface area contributed by atoms with Crippen LogP contribution in [0.25, 0.3) is 11.5 Å². The lowest BCUT2D eigenvalue weighted by Gasteiger charge is -2.10. The van der Waals surface area contributed by atoms with Gasteiger partial charge in [0.15, 0.2) is 0 Å². The minimum absolute atomic E-state index is 0.0506. The van der Waals surface area contributed by atoms with Crippen LogP contribution < -0.4 is 10.9 Å². The Labute approximate surface area is 159 Å². The van der Waals surface area contributed by atoms with E-state index in [1.807, 2.05) is 30.3 Å². The second-order valence-corrected chi connectivity index (χ2v) is 8.26. The van der Waals surface area contributed by atoms with Gasteiger partial charge in [-0.05, 0) is 17.7 Å². The molecule has 0 aliphatic carbocycles. The van der Waals surface area contributed by atoms with Crippen LogP contribution in [0.5, 0.6) is 0 Å². The number of hydrogen-bond acceptors (Lipinski definition) is 7. The van der Waals surface area contributed by atoms with E-state index in [4.69, 9.17) is 26.9 Å². The maximum atomic E-state index is 12.1. The molecule has 7 nitrogen and oxygen atoms in total. The molecule has 0 saturated carbocycles. The highest BCUT2D eigenvalue weighted by atomic mass is 35.5. The lowest BCUT2D eigenvalue weighted by molar-refractivity contribution is 0.508. The van der Waals surface area contributed by atoms with Crippen molar-refractivity contribution in [2.24, 2.45) is 10.9 Å². The highest BCUT2D eigenvalue weighted by molar-refractivity contribution is 7.99. The molecule has 0 amide bonds. The molecule has 4 N–H and O–H groups in total.